The minimum Gasteiger partial charge on any atom is -0.378 e. The molecule has 1 saturated carbocycles. The molecule has 3 aromatic carbocycles. The Hall–Kier alpha value is -3.46. The van der Waals surface area contributed by atoms with E-state index in [0.717, 1.165) is 64.8 Å². The molecular formula is C32H36N3O6P. The number of H-pyrrole nitrogens is 1. The van der Waals surface area contributed by atoms with Gasteiger partial charge in [0.2, 0.25) is 5.91 Å². The van der Waals surface area contributed by atoms with Crippen LogP contribution in [0, 0.1) is 6.92 Å². The highest BCUT2D eigenvalue weighted by Crippen LogP contribution is 2.50. The summed E-state index contributed by atoms with van der Waals surface area (Å²) < 4.78 is 21.4. The van der Waals surface area contributed by atoms with Gasteiger partial charge in [0.25, 0.3) is 0 Å². The summed E-state index contributed by atoms with van der Waals surface area (Å²) in [6, 6.07) is 22.2. The van der Waals surface area contributed by atoms with Crippen LogP contribution in [0.3, 0.4) is 0 Å². The molecule has 10 heteroatoms. The lowest BCUT2D eigenvalue weighted by Crippen LogP contribution is -2.40. The van der Waals surface area contributed by atoms with Crippen LogP contribution in [0.5, 0.6) is 0 Å². The van der Waals surface area contributed by atoms with Gasteiger partial charge in [-0.15, -0.1) is 0 Å². The van der Waals surface area contributed by atoms with Crippen LogP contribution in [0.15, 0.2) is 72.9 Å². The van der Waals surface area contributed by atoms with Crippen LogP contribution in [0.2, 0.25) is 0 Å². The fraction of sp³-hybridized carbons (Fsp3) is 0.344. The minimum atomic E-state index is -4.54. The van der Waals surface area contributed by atoms with E-state index >= 15 is 0 Å². The second-order valence-corrected chi connectivity index (χ2v) is 12.4. The van der Waals surface area contributed by atoms with Gasteiger partial charge in [-0.3, -0.25) is 9.32 Å². The molecule has 1 aliphatic heterocycles. The summed E-state index contributed by atoms with van der Waals surface area (Å²) >= 11 is 0. The average Bonchev–Trinajstić information content (AvgIpc) is 3.71. The molecular weight excluding hydrogens is 553 g/mol. The molecule has 1 amide bonds. The minimum absolute atomic E-state index is 0.00822. The third-order valence-corrected chi connectivity index (χ3v) is 8.91. The Morgan fingerprint density at radius 3 is 2.57 bits per heavy atom. The molecule has 1 unspecified atom stereocenters. The Morgan fingerprint density at radius 2 is 1.86 bits per heavy atom. The molecule has 4 N–H and O–H groups in total. The van der Waals surface area contributed by atoms with Gasteiger partial charge in [-0.25, -0.2) is 4.57 Å². The predicted octanol–water partition coefficient (Wildman–Crippen LogP) is 4.90. The summed E-state index contributed by atoms with van der Waals surface area (Å²) in [5.74, 6) is -0.00822. The van der Waals surface area contributed by atoms with Crippen molar-refractivity contribution in [1.29, 1.82) is 0 Å². The van der Waals surface area contributed by atoms with Gasteiger partial charge in [-0.2, -0.15) is 0 Å². The summed E-state index contributed by atoms with van der Waals surface area (Å²) in [6.07, 6.45) is 3.66. The van der Waals surface area contributed by atoms with E-state index in [4.69, 9.17) is 14.5 Å². The quantitative estimate of drug-likeness (QED) is 0.194. The van der Waals surface area contributed by atoms with E-state index in [1.54, 1.807) is 0 Å². The van der Waals surface area contributed by atoms with E-state index in [1.165, 1.54) is 5.56 Å². The lowest BCUT2D eigenvalue weighted by atomic mass is 9.90. The van der Waals surface area contributed by atoms with Crippen molar-refractivity contribution >= 4 is 30.3 Å². The van der Waals surface area contributed by atoms with Crippen LogP contribution in [-0.4, -0.2) is 53.6 Å². The van der Waals surface area contributed by atoms with E-state index in [1.807, 2.05) is 42.6 Å². The van der Waals surface area contributed by atoms with E-state index in [9.17, 15) is 9.36 Å². The smallest absolute Gasteiger partial charge is 0.378 e. The zero-order chi connectivity index (χ0) is 29.3. The molecule has 0 bridgehead atoms. The number of hydrogen-bond donors (Lipinski definition) is 4. The summed E-state index contributed by atoms with van der Waals surface area (Å²) in [5, 5.41) is 4.37. The van der Waals surface area contributed by atoms with Gasteiger partial charge in [0.15, 0.2) is 0 Å². The summed E-state index contributed by atoms with van der Waals surface area (Å²) in [7, 11) is -4.54. The van der Waals surface area contributed by atoms with Gasteiger partial charge in [0.1, 0.15) is 0 Å². The maximum atomic E-state index is 14.2. The Balaban J connectivity index is 1.31. The van der Waals surface area contributed by atoms with Crippen LogP contribution in [0.4, 0.5) is 5.69 Å². The summed E-state index contributed by atoms with van der Waals surface area (Å²) in [4.78, 5) is 37.9. The van der Waals surface area contributed by atoms with Gasteiger partial charge in [0, 0.05) is 41.4 Å². The first-order chi connectivity index (χ1) is 20.2. The molecule has 2 heterocycles. The van der Waals surface area contributed by atoms with Crippen LogP contribution >= 0.6 is 7.82 Å². The average molecular weight is 590 g/mol. The maximum Gasteiger partial charge on any atom is 0.469 e. The Labute approximate surface area is 245 Å². The molecule has 1 aromatic heterocycles. The number of phosphoric ester groups is 1. The third kappa shape index (κ3) is 6.02. The molecule has 1 atom stereocenters. The molecule has 2 aliphatic rings. The van der Waals surface area contributed by atoms with E-state index in [-0.39, 0.29) is 18.6 Å². The first-order valence-corrected chi connectivity index (χ1v) is 15.9. The van der Waals surface area contributed by atoms with Crippen LogP contribution < -0.4 is 10.2 Å². The lowest BCUT2D eigenvalue weighted by molar-refractivity contribution is -0.124. The van der Waals surface area contributed by atoms with Crippen molar-refractivity contribution in [1.82, 2.24) is 10.3 Å². The fourth-order valence-electron chi connectivity index (χ4n) is 5.96. The zero-order valence-electron chi connectivity index (χ0n) is 23.6. The number of nitrogens with zero attached hydrogens (tertiary/aromatic N) is 1. The zero-order valence-corrected chi connectivity index (χ0v) is 24.5. The Bertz CT molecular complexity index is 1620. The number of aromatic amines is 1. The number of morpholine rings is 1. The second-order valence-electron chi connectivity index (χ2n) is 11.2. The third-order valence-electron chi connectivity index (χ3n) is 8.39. The molecule has 1 saturated heterocycles. The molecule has 4 aromatic rings. The van der Waals surface area contributed by atoms with Gasteiger partial charge < -0.3 is 29.7 Å². The van der Waals surface area contributed by atoms with Gasteiger partial charge in [-0.05, 0) is 66.6 Å². The van der Waals surface area contributed by atoms with Crippen molar-refractivity contribution in [3.63, 3.8) is 0 Å². The first kappa shape index (κ1) is 28.6. The van der Waals surface area contributed by atoms with Crippen molar-refractivity contribution in [2.45, 2.75) is 37.6 Å². The first-order valence-electron chi connectivity index (χ1n) is 14.3. The monoisotopic (exact) mass is 589 g/mol. The lowest BCUT2D eigenvalue weighted by Gasteiger charge is -2.33. The number of rotatable bonds is 10. The van der Waals surface area contributed by atoms with Gasteiger partial charge >= 0.3 is 7.82 Å². The van der Waals surface area contributed by atoms with Crippen molar-refractivity contribution in [2.75, 3.05) is 37.8 Å². The molecule has 6 rings (SSSR count). The number of benzene rings is 3. The predicted molar refractivity (Wildman–Crippen MR) is 162 cm³/mol. The normalized spacial score (nSPS) is 17.3. The molecule has 1 aliphatic carbocycles. The van der Waals surface area contributed by atoms with Gasteiger partial charge in [0.05, 0.1) is 31.3 Å². The molecule has 42 heavy (non-hydrogen) atoms. The fourth-order valence-corrected chi connectivity index (χ4v) is 6.29. The standard InChI is InChI=1S/C32H36N3O6P/c1-22-7-9-26(29(19-22)35-14-17-40-18-15-35)30(23-5-3-2-4-6-23)34-31(36)32(12-13-32)25-8-10-28-27(20-25)24(21-33-28)11-16-41-42(37,38)39/h2-10,19-21,30,33H,11-18H2,1H3,(H,34,36)(H2,37,38,39). The largest absolute Gasteiger partial charge is 0.469 e. The van der Waals surface area contributed by atoms with Gasteiger partial charge in [-0.1, -0.05) is 48.5 Å². The van der Waals surface area contributed by atoms with Crippen molar-refractivity contribution in [3.05, 3.63) is 101 Å². The topological polar surface area (TPSA) is 124 Å². The Kier molecular flexibility index (Phi) is 7.96. The number of carbonyl (C=O) groups is 1. The number of amides is 1. The van der Waals surface area contributed by atoms with Crippen molar-refractivity contribution in [3.8, 4) is 0 Å². The number of fused-ring (bicyclic) bond motifs is 1. The number of phosphoric acid groups is 1. The number of aryl methyl sites for hydroxylation is 1. The maximum absolute atomic E-state index is 14.2. The van der Waals surface area contributed by atoms with E-state index < -0.39 is 13.2 Å². The van der Waals surface area contributed by atoms with Crippen LogP contribution in [0.25, 0.3) is 10.9 Å². The molecule has 220 valence electrons. The number of ether oxygens (including phenoxy) is 1. The molecule has 2 fully saturated rings. The highest BCUT2D eigenvalue weighted by molar-refractivity contribution is 7.46. The van der Waals surface area contributed by atoms with Crippen LogP contribution in [-0.2, 0) is 30.5 Å². The number of hydrogen-bond acceptors (Lipinski definition) is 5. The second kappa shape index (κ2) is 11.7. The van der Waals surface area contributed by atoms with Crippen LogP contribution in [0.1, 0.15) is 46.7 Å². The number of aromatic nitrogens is 1. The molecule has 9 nitrogen and oxygen atoms in total. The van der Waals surface area contributed by atoms with E-state index in [0.29, 0.717) is 19.6 Å². The highest BCUT2D eigenvalue weighted by atomic mass is 31.2. The van der Waals surface area contributed by atoms with Crippen molar-refractivity contribution in [2.24, 2.45) is 0 Å². The number of nitrogens with one attached hydrogen (secondary N) is 2. The number of carbonyl (C=O) groups excluding carboxylic acids is 1. The number of anilines is 1. The van der Waals surface area contributed by atoms with E-state index in [2.05, 4.69) is 57.0 Å². The SMILES string of the molecule is Cc1ccc(C(NC(=O)C2(c3ccc4[nH]cc(CCOP(=O)(O)O)c4c3)CC2)c2ccccc2)c(N2CCOCC2)c1. The molecule has 0 spiro atoms. The summed E-state index contributed by atoms with van der Waals surface area (Å²) in [5.41, 5.74) is 6.45. The highest BCUT2D eigenvalue weighted by Gasteiger charge is 2.52. The Morgan fingerprint density at radius 1 is 1.10 bits per heavy atom. The van der Waals surface area contributed by atoms with Crippen molar-refractivity contribution < 1.29 is 28.4 Å². The summed E-state index contributed by atoms with van der Waals surface area (Å²) in [6.45, 7) is 4.94. The molecule has 0 radical (unpaired) electrons.